The van der Waals surface area contributed by atoms with Gasteiger partial charge >= 0.3 is 5.97 Å². The number of carbonyl (C=O) groups excluding carboxylic acids is 1. The van der Waals surface area contributed by atoms with Crippen molar-refractivity contribution in [2.45, 2.75) is 46.6 Å². The van der Waals surface area contributed by atoms with Crippen LogP contribution in [0.4, 0.5) is 0 Å². The maximum Gasteiger partial charge on any atom is 0.310 e. The Morgan fingerprint density at radius 2 is 1.74 bits per heavy atom. The molecule has 0 aromatic heterocycles. The Labute approximate surface area is 161 Å². The third kappa shape index (κ3) is 3.98. The Kier molecular flexibility index (Phi) is 5.52. The maximum atomic E-state index is 11.8. The summed E-state index contributed by atoms with van der Waals surface area (Å²) in [7, 11) is 0. The summed E-state index contributed by atoms with van der Waals surface area (Å²) in [6.45, 7) is 9.96. The van der Waals surface area contributed by atoms with E-state index in [2.05, 4.69) is 55.5 Å². The van der Waals surface area contributed by atoms with E-state index in [4.69, 9.17) is 9.47 Å². The van der Waals surface area contributed by atoms with Crippen molar-refractivity contribution in [2.24, 2.45) is 5.92 Å². The average Bonchev–Trinajstić information content (AvgIpc) is 2.67. The van der Waals surface area contributed by atoms with Gasteiger partial charge in [0.1, 0.15) is 0 Å². The second kappa shape index (κ2) is 7.69. The Morgan fingerprint density at radius 3 is 2.48 bits per heavy atom. The van der Waals surface area contributed by atoms with Crippen LogP contribution < -0.4 is 0 Å². The van der Waals surface area contributed by atoms with Gasteiger partial charge in [0.15, 0.2) is 6.79 Å². The summed E-state index contributed by atoms with van der Waals surface area (Å²) in [4.78, 5) is 11.8. The molecular weight excluding hydrogens is 336 g/mol. The highest BCUT2D eigenvalue weighted by Crippen LogP contribution is 2.32. The molecule has 0 spiro atoms. The van der Waals surface area contributed by atoms with Gasteiger partial charge in [-0.05, 0) is 72.0 Å². The SMILES string of the molecule is CCC(C)C(=O)OCOC(C)(C)c1ccc2cc3ccccc3c(C)c2c1. The van der Waals surface area contributed by atoms with Crippen LogP contribution in [0.3, 0.4) is 0 Å². The van der Waals surface area contributed by atoms with Crippen molar-refractivity contribution in [3.8, 4) is 0 Å². The fourth-order valence-electron chi connectivity index (χ4n) is 3.29. The van der Waals surface area contributed by atoms with Crippen LogP contribution in [-0.2, 0) is 19.9 Å². The number of rotatable bonds is 6. The second-order valence-electron chi connectivity index (χ2n) is 7.70. The summed E-state index contributed by atoms with van der Waals surface area (Å²) in [6, 6.07) is 17.1. The zero-order valence-electron chi connectivity index (χ0n) is 16.8. The Morgan fingerprint density at radius 1 is 1.04 bits per heavy atom. The van der Waals surface area contributed by atoms with Gasteiger partial charge in [0.05, 0.1) is 11.5 Å². The van der Waals surface area contributed by atoms with Gasteiger partial charge in [0.2, 0.25) is 0 Å². The molecule has 0 aliphatic carbocycles. The molecular formula is C24H28O3. The molecule has 3 aromatic rings. The summed E-state index contributed by atoms with van der Waals surface area (Å²) in [6.07, 6.45) is 0.764. The van der Waals surface area contributed by atoms with Crippen LogP contribution in [0.1, 0.15) is 45.2 Å². The van der Waals surface area contributed by atoms with Crippen LogP contribution in [0.2, 0.25) is 0 Å². The smallest absolute Gasteiger partial charge is 0.310 e. The fourth-order valence-corrected chi connectivity index (χ4v) is 3.29. The Balaban J connectivity index is 1.86. The predicted octanol–water partition coefficient (Wildman–Crippen LogP) is 6.10. The topological polar surface area (TPSA) is 35.5 Å². The van der Waals surface area contributed by atoms with Crippen LogP contribution >= 0.6 is 0 Å². The first-order valence-corrected chi connectivity index (χ1v) is 9.56. The minimum Gasteiger partial charge on any atom is -0.438 e. The van der Waals surface area contributed by atoms with Crippen molar-refractivity contribution < 1.29 is 14.3 Å². The standard InChI is InChI=1S/C24H28O3/c1-6-16(2)23(25)26-15-27-24(4,5)20-12-11-19-13-18-9-7-8-10-21(18)17(3)22(19)14-20/h7-14,16H,6,15H2,1-5H3. The predicted molar refractivity (Wildman–Crippen MR) is 111 cm³/mol. The van der Waals surface area contributed by atoms with Gasteiger partial charge in [0, 0.05) is 0 Å². The van der Waals surface area contributed by atoms with Crippen molar-refractivity contribution in [1.29, 1.82) is 0 Å². The highest BCUT2D eigenvalue weighted by molar-refractivity contribution is 6.02. The molecule has 3 nitrogen and oxygen atoms in total. The van der Waals surface area contributed by atoms with Crippen molar-refractivity contribution in [1.82, 2.24) is 0 Å². The van der Waals surface area contributed by atoms with Crippen LogP contribution in [-0.4, -0.2) is 12.8 Å². The van der Waals surface area contributed by atoms with Gasteiger partial charge in [-0.2, -0.15) is 0 Å². The minimum atomic E-state index is -0.554. The molecule has 0 saturated carbocycles. The molecule has 0 saturated heterocycles. The normalized spacial score (nSPS) is 13.1. The lowest BCUT2D eigenvalue weighted by atomic mass is 9.91. The van der Waals surface area contributed by atoms with E-state index in [1.807, 2.05) is 27.7 Å². The van der Waals surface area contributed by atoms with Gasteiger partial charge in [-0.3, -0.25) is 4.79 Å². The molecule has 142 valence electrons. The lowest BCUT2D eigenvalue weighted by Gasteiger charge is -2.26. The molecule has 0 aliphatic heterocycles. The van der Waals surface area contributed by atoms with E-state index in [0.717, 1.165) is 12.0 Å². The van der Waals surface area contributed by atoms with Crippen molar-refractivity contribution in [3.05, 3.63) is 59.7 Å². The second-order valence-corrected chi connectivity index (χ2v) is 7.70. The van der Waals surface area contributed by atoms with Gasteiger partial charge in [-0.15, -0.1) is 0 Å². The largest absolute Gasteiger partial charge is 0.438 e. The number of hydrogen-bond acceptors (Lipinski definition) is 3. The first kappa shape index (κ1) is 19.4. The third-order valence-corrected chi connectivity index (χ3v) is 5.46. The molecule has 3 aromatic carbocycles. The number of aryl methyl sites for hydroxylation is 1. The fraction of sp³-hybridized carbons (Fsp3) is 0.375. The number of hydrogen-bond donors (Lipinski definition) is 0. The zero-order valence-corrected chi connectivity index (χ0v) is 16.8. The lowest BCUT2D eigenvalue weighted by Crippen LogP contribution is -2.25. The highest BCUT2D eigenvalue weighted by Gasteiger charge is 2.23. The van der Waals surface area contributed by atoms with Crippen LogP contribution in [0.15, 0.2) is 48.5 Å². The number of fused-ring (bicyclic) bond motifs is 2. The summed E-state index contributed by atoms with van der Waals surface area (Å²) in [5.41, 5.74) is 1.78. The van der Waals surface area contributed by atoms with E-state index in [0.29, 0.717) is 0 Å². The highest BCUT2D eigenvalue weighted by atomic mass is 16.7. The summed E-state index contributed by atoms with van der Waals surface area (Å²) >= 11 is 0. The molecule has 0 aliphatic rings. The van der Waals surface area contributed by atoms with E-state index < -0.39 is 5.60 Å². The Hall–Kier alpha value is -2.39. The summed E-state index contributed by atoms with van der Waals surface area (Å²) in [5.74, 6) is -0.317. The first-order chi connectivity index (χ1) is 12.8. The lowest BCUT2D eigenvalue weighted by molar-refractivity contribution is -0.174. The molecule has 3 heteroatoms. The van der Waals surface area contributed by atoms with Crippen LogP contribution in [0, 0.1) is 12.8 Å². The molecule has 1 unspecified atom stereocenters. The summed E-state index contributed by atoms with van der Waals surface area (Å²) < 4.78 is 11.2. The average molecular weight is 364 g/mol. The van der Waals surface area contributed by atoms with Gasteiger partial charge < -0.3 is 9.47 Å². The molecule has 0 amide bonds. The van der Waals surface area contributed by atoms with Gasteiger partial charge in [0.25, 0.3) is 0 Å². The van der Waals surface area contributed by atoms with E-state index >= 15 is 0 Å². The van der Waals surface area contributed by atoms with Crippen LogP contribution in [0.25, 0.3) is 21.5 Å². The third-order valence-electron chi connectivity index (χ3n) is 5.46. The monoisotopic (exact) mass is 364 g/mol. The van der Waals surface area contributed by atoms with Gasteiger partial charge in [-0.1, -0.05) is 50.2 Å². The molecule has 0 radical (unpaired) electrons. The number of ether oxygens (including phenoxy) is 2. The number of carbonyl (C=O) groups is 1. The zero-order chi connectivity index (χ0) is 19.6. The van der Waals surface area contributed by atoms with Crippen molar-refractivity contribution in [3.63, 3.8) is 0 Å². The van der Waals surface area contributed by atoms with Crippen molar-refractivity contribution >= 4 is 27.5 Å². The summed E-state index contributed by atoms with van der Waals surface area (Å²) in [5, 5.41) is 4.96. The molecule has 0 N–H and O–H groups in total. The van der Waals surface area contributed by atoms with E-state index in [1.165, 1.54) is 27.1 Å². The molecule has 27 heavy (non-hydrogen) atoms. The van der Waals surface area contributed by atoms with Gasteiger partial charge in [-0.25, -0.2) is 0 Å². The molecule has 3 rings (SSSR count). The maximum absolute atomic E-state index is 11.8. The first-order valence-electron chi connectivity index (χ1n) is 9.56. The Bertz CT molecular complexity index is 972. The van der Waals surface area contributed by atoms with E-state index in [1.54, 1.807) is 0 Å². The van der Waals surface area contributed by atoms with Crippen LogP contribution in [0.5, 0.6) is 0 Å². The minimum absolute atomic E-state index is 0.0368. The number of benzene rings is 3. The van der Waals surface area contributed by atoms with E-state index in [-0.39, 0.29) is 18.7 Å². The molecule has 0 heterocycles. The quantitative estimate of drug-likeness (QED) is 0.301. The van der Waals surface area contributed by atoms with E-state index in [9.17, 15) is 4.79 Å². The number of esters is 1. The molecule has 0 fully saturated rings. The molecule has 0 bridgehead atoms. The van der Waals surface area contributed by atoms with Crippen molar-refractivity contribution in [2.75, 3.05) is 6.79 Å². The molecule has 1 atom stereocenters.